The van der Waals surface area contributed by atoms with Crippen molar-refractivity contribution in [2.45, 2.75) is 13.8 Å². The molecular formula is C6H12N2O2S. The van der Waals surface area contributed by atoms with Gasteiger partial charge in [-0.1, -0.05) is 0 Å². The Labute approximate surface area is 70.6 Å². The summed E-state index contributed by atoms with van der Waals surface area (Å²) < 4.78 is 5.25. The molecule has 0 radical (unpaired) electrons. The molecule has 0 bridgehead atoms. The molecule has 0 unspecified atom stereocenters. The molecule has 5 heteroatoms. The number of rotatable bonds is 4. The smallest absolute Gasteiger partial charge is 0.238 e. The molecule has 1 aliphatic rings. The average Bonchev–Trinajstić information content (AvgIpc) is 2.39. The zero-order valence-electron chi connectivity index (χ0n) is 6.66. The molecule has 0 atom stereocenters. The van der Waals surface area contributed by atoms with E-state index in [0.29, 0.717) is 13.2 Å². The Morgan fingerprint density at radius 1 is 1.55 bits per heavy atom. The Kier molecular flexibility index (Phi) is 3.55. The fourth-order valence-corrected chi connectivity index (χ4v) is 1.23. The standard InChI is InChI=1S/C6H12N2O2S/c1-3-9-6-5-11-7-8(6)10-4-2/h5,7H,3-4H2,1-2H3. The lowest BCUT2D eigenvalue weighted by Crippen LogP contribution is -2.29. The van der Waals surface area contributed by atoms with Crippen LogP contribution in [0.15, 0.2) is 11.3 Å². The first kappa shape index (κ1) is 8.70. The molecule has 0 amide bonds. The largest absolute Gasteiger partial charge is 0.477 e. The van der Waals surface area contributed by atoms with E-state index in [1.807, 2.05) is 19.3 Å². The maximum absolute atomic E-state index is 5.25. The zero-order chi connectivity index (χ0) is 8.10. The van der Waals surface area contributed by atoms with E-state index >= 15 is 0 Å². The van der Waals surface area contributed by atoms with Gasteiger partial charge in [0.1, 0.15) is 0 Å². The van der Waals surface area contributed by atoms with Gasteiger partial charge < -0.3 is 4.74 Å². The van der Waals surface area contributed by atoms with Crippen molar-refractivity contribution in [2.24, 2.45) is 0 Å². The van der Waals surface area contributed by atoms with Crippen molar-refractivity contribution in [1.82, 2.24) is 10.0 Å². The molecule has 0 aromatic carbocycles. The van der Waals surface area contributed by atoms with Crippen molar-refractivity contribution in [3.63, 3.8) is 0 Å². The monoisotopic (exact) mass is 176 g/mol. The molecule has 0 fully saturated rings. The maximum atomic E-state index is 5.25. The van der Waals surface area contributed by atoms with Crippen LogP contribution in [-0.2, 0) is 9.57 Å². The van der Waals surface area contributed by atoms with Crippen molar-refractivity contribution in [3.8, 4) is 0 Å². The second-order valence-corrected chi connectivity index (χ2v) is 2.46. The highest BCUT2D eigenvalue weighted by Crippen LogP contribution is 2.18. The molecule has 0 aromatic rings. The topological polar surface area (TPSA) is 33.7 Å². The molecule has 0 saturated carbocycles. The van der Waals surface area contributed by atoms with Crippen LogP contribution < -0.4 is 4.83 Å². The van der Waals surface area contributed by atoms with Crippen LogP contribution in [0.25, 0.3) is 0 Å². The fourth-order valence-electron chi connectivity index (χ4n) is 0.677. The van der Waals surface area contributed by atoms with E-state index in [9.17, 15) is 0 Å². The molecule has 1 N–H and O–H groups in total. The first-order valence-electron chi connectivity index (χ1n) is 3.55. The minimum absolute atomic E-state index is 0.623. The highest BCUT2D eigenvalue weighted by atomic mass is 32.2. The number of hydrazine groups is 1. The van der Waals surface area contributed by atoms with Gasteiger partial charge in [-0.15, -0.1) is 10.0 Å². The summed E-state index contributed by atoms with van der Waals surface area (Å²) in [7, 11) is 0. The van der Waals surface area contributed by atoms with Crippen LogP contribution in [0.4, 0.5) is 0 Å². The highest BCUT2D eigenvalue weighted by Gasteiger charge is 2.16. The summed E-state index contributed by atoms with van der Waals surface area (Å²) in [4.78, 5) is 8.08. The molecule has 0 aliphatic carbocycles. The maximum Gasteiger partial charge on any atom is 0.238 e. The molecule has 1 aliphatic heterocycles. The Hall–Kier alpha value is -0.390. The zero-order valence-corrected chi connectivity index (χ0v) is 7.48. The lowest BCUT2D eigenvalue weighted by molar-refractivity contribution is -0.173. The van der Waals surface area contributed by atoms with E-state index in [0.717, 1.165) is 5.88 Å². The molecule has 4 nitrogen and oxygen atoms in total. The molecule has 1 heterocycles. The minimum Gasteiger partial charge on any atom is -0.477 e. The quantitative estimate of drug-likeness (QED) is 0.652. The van der Waals surface area contributed by atoms with Crippen molar-refractivity contribution in [2.75, 3.05) is 13.2 Å². The van der Waals surface area contributed by atoms with Crippen molar-refractivity contribution in [1.29, 1.82) is 0 Å². The number of hydroxylamine groups is 1. The lowest BCUT2D eigenvalue weighted by Gasteiger charge is -2.18. The summed E-state index contributed by atoms with van der Waals surface area (Å²) in [5, 5.41) is 3.38. The first-order chi connectivity index (χ1) is 5.38. The normalized spacial score (nSPS) is 16.9. The summed E-state index contributed by atoms with van der Waals surface area (Å²) in [5.74, 6) is 0.722. The van der Waals surface area contributed by atoms with Crippen LogP contribution in [0.1, 0.15) is 13.8 Å². The van der Waals surface area contributed by atoms with Gasteiger partial charge in [0, 0.05) is 0 Å². The van der Waals surface area contributed by atoms with Crippen LogP contribution >= 0.6 is 11.9 Å². The van der Waals surface area contributed by atoms with E-state index in [2.05, 4.69) is 4.83 Å². The third kappa shape index (κ3) is 2.28. The SMILES string of the molecule is CCOC1=CSNN1OCC. The van der Waals surface area contributed by atoms with Gasteiger partial charge in [0.05, 0.1) is 18.6 Å². The third-order valence-electron chi connectivity index (χ3n) is 1.05. The van der Waals surface area contributed by atoms with Crippen molar-refractivity contribution in [3.05, 3.63) is 11.3 Å². The van der Waals surface area contributed by atoms with Gasteiger partial charge in [0.15, 0.2) is 0 Å². The number of nitrogens with one attached hydrogen (secondary N) is 1. The van der Waals surface area contributed by atoms with Gasteiger partial charge >= 0.3 is 0 Å². The molecule has 1 rings (SSSR count). The van der Waals surface area contributed by atoms with Gasteiger partial charge in [-0.05, 0) is 25.8 Å². The Bertz CT molecular complexity index is 152. The Morgan fingerprint density at radius 2 is 2.36 bits per heavy atom. The van der Waals surface area contributed by atoms with Crippen molar-refractivity contribution < 1.29 is 9.57 Å². The van der Waals surface area contributed by atoms with E-state index in [1.54, 1.807) is 0 Å². The summed E-state index contributed by atoms with van der Waals surface area (Å²) in [6, 6.07) is 0. The van der Waals surface area contributed by atoms with Crippen LogP contribution in [0, 0.1) is 0 Å². The number of hydrogen-bond acceptors (Lipinski definition) is 5. The molecule has 11 heavy (non-hydrogen) atoms. The third-order valence-corrected chi connectivity index (χ3v) is 1.64. The van der Waals surface area contributed by atoms with Crippen molar-refractivity contribution >= 4 is 11.9 Å². The van der Waals surface area contributed by atoms with Gasteiger partial charge in [0.2, 0.25) is 5.88 Å². The van der Waals surface area contributed by atoms with Gasteiger partial charge in [-0.3, -0.25) is 4.84 Å². The number of nitrogens with zero attached hydrogens (tertiary/aromatic N) is 1. The Morgan fingerprint density at radius 3 is 3.00 bits per heavy atom. The van der Waals surface area contributed by atoms with Crippen LogP contribution in [0.5, 0.6) is 0 Å². The summed E-state index contributed by atoms with van der Waals surface area (Å²) in [5.41, 5.74) is 0. The van der Waals surface area contributed by atoms with Gasteiger partial charge in [-0.25, -0.2) is 0 Å². The van der Waals surface area contributed by atoms with Gasteiger partial charge in [-0.2, -0.15) is 0 Å². The summed E-state index contributed by atoms with van der Waals surface area (Å²) in [6.07, 6.45) is 0. The summed E-state index contributed by atoms with van der Waals surface area (Å²) >= 11 is 1.43. The number of ether oxygens (including phenoxy) is 1. The van der Waals surface area contributed by atoms with Crippen LogP contribution in [0.2, 0.25) is 0 Å². The molecule has 0 spiro atoms. The van der Waals surface area contributed by atoms with E-state index in [1.165, 1.54) is 17.1 Å². The van der Waals surface area contributed by atoms with Crippen LogP contribution in [0.3, 0.4) is 0 Å². The Balaban J connectivity index is 2.35. The lowest BCUT2D eigenvalue weighted by atomic mass is 10.8. The highest BCUT2D eigenvalue weighted by molar-refractivity contribution is 8.00. The minimum atomic E-state index is 0.623. The second-order valence-electron chi connectivity index (χ2n) is 1.81. The van der Waals surface area contributed by atoms with E-state index in [4.69, 9.17) is 9.57 Å². The van der Waals surface area contributed by atoms with Gasteiger partial charge in [0.25, 0.3) is 0 Å². The van der Waals surface area contributed by atoms with E-state index in [-0.39, 0.29) is 0 Å². The predicted molar refractivity (Wildman–Crippen MR) is 43.9 cm³/mol. The van der Waals surface area contributed by atoms with E-state index < -0.39 is 0 Å². The number of hydrogen-bond donors (Lipinski definition) is 1. The molecule has 64 valence electrons. The summed E-state index contributed by atoms with van der Waals surface area (Å²) in [6.45, 7) is 5.14. The van der Waals surface area contributed by atoms with Crippen LogP contribution in [-0.4, -0.2) is 18.4 Å². The second kappa shape index (κ2) is 4.48. The molecule has 0 saturated heterocycles. The average molecular weight is 176 g/mol. The molecular weight excluding hydrogens is 164 g/mol. The predicted octanol–water partition coefficient (Wildman–Crippen LogP) is 1.24. The molecule has 0 aromatic heterocycles. The first-order valence-corrected chi connectivity index (χ1v) is 4.43. The fraction of sp³-hybridized carbons (Fsp3) is 0.667.